The SMILES string of the molecule is Cl.O=C(Cc1ccc(C(F)(F)F)cc1)N1CCC2(CCNCC2)C1. The van der Waals surface area contributed by atoms with E-state index in [1.54, 1.807) is 0 Å². The van der Waals surface area contributed by atoms with E-state index < -0.39 is 11.7 Å². The van der Waals surface area contributed by atoms with Crippen LogP contribution in [-0.4, -0.2) is 37.0 Å². The summed E-state index contributed by atoms with van der Waals surface area (Å²) in [6, 6.07) is 4.88. The van der Waals surface area contributed by atoms with Crippen LogP contribution in [0.4, 0.5) is 13.2 Å². The van der Waals surface area contributed by atoms with Crippen LogP contribution in [0, 0.1) is 5.41 Å². The van der Waals surface area contributed by atoms with Crippen molar-refractivity contribution in [3.05, 3.63) is 35.4 Å². The third-order valence-corrected chi connectivity index (χ3v) is 5.09. The molecule has 134 valence electrons. The lowest BCUT2D eigenvalue weighted by atomic mass is 9.78. The van der Waals surface area contributed by atoms with E-state index in [-0.39, 0.29) is 30.2 Å². The van der Waals surface area contributed by atoms with Crippen molar-refractivity contribution in [2.24, 2.45) is 5.41 Å². The largest absolute Gasteiger partial charge is 0.416 e. The fourth-order valence-electron chi connectivity index (χ4n) is 3.61. The standard InChI is InChI=1S/C17H21F3N2O.ClH/c18-17(19,20)14-3-1-13(2-4-14)11-15(23)22-10-7-16(12-22)5-8-21-9-6-16;/h1-4,21H,5-12H2;1H. The maximum atomic E-state index is 12.5. The van der Waals surface area contributed by atoms with Gasteiger partial charge >= 0.3 is 6.18 Å². The van der Waals surface area contributed by atoms with Gasteiger partial charge in [0.2, 0.25) is 5.91 Å². The van der Waals surface area contributed by atoms with E-state index in [9.17, 15) is 18.0 Å². The molecule has 24 heavy (non-hydrogen) atoms. The van der Waals surface area contributed by atoms with E-state index in [1.807, 2.05) is 4.90 Å². The Morgan fingerprint density at radius 3 is 2.33 bits per heavy atom. The van der Waals surface area contributed by atoms with Crippen LogP contribution < -0.4 is 5.32 Å². The van der Waals surface area contributed by atoms with Crippen molar-refractivity contribution in [2.45, 2.75) is 31.9 Å². The number of nitrogens with zero attached hydrogens (tertiary/aromatic N) is 1. The van der Waals surface area contributed by atoms with Gasteiger partial charge in [0, 0.05) is 13.1 Å². The number of amides is 1. The molecule has 7 heteroatoms. The molecule has 0 aromatic heterocycles. The summed E-state index contributed by atoms with van der Waals surface area (Å²) in [6.07, 6.45) is -0.938. The van der Waals surface area contributed by atoms with Gasteiger partial charge in [-0.1, -0.05) is 12.1 Å². The molecule has 1 aromatic carbocycles. The molecule has 1 amide bonds. The normalized spacial score (nSPS) is 20.0. The highest BCUT2D eigenvalue weighted by molar-refractivity contribution is 5.85. The summed E-state index contributed by atoms with van der Waals surface area (Å²) in [7, 11) is 0. The van der Waals surface area contributed by atoms with Gasteiger partial charge in [-0.2, -0.15) is 13.2 Å². The minimum absolute atomic E-state index is 0. The van der Waals surface area contributed by atoms with Gasteiger partial charge in [-0.05, 0) is 55.5 Å². The fourth-order valence-corrected chi connectivity index (χ4v) is 3.61. The summed E-state index contributed by atoms with van der Waals surface area (Å²) < 4.78 is 37.6. The topological polar surface area (TPSA) is 32.3 Å². The van der Waals surface area contributed by atoms with Gasteiger partial charge in [-0.15, -0.1) is 12.4 Å². The first-order valence-electron chi connectivity index (χ1n) is 8.03. The number of alkyl halides is 3. The number of nitrogens with one attached hydrogen (secondary N) is 1. The zero-order valence-corrected chi connectivity index (χ0v) is 14.2. The molecule has 0 aliphatic carbocycles. The fraction of sp³-hybridized carbons (Fsp3) is 0.588. The second kappa shape index (κ2) is 7.31. The molecule has 2 heterocycles. The van der Waals surface area contributed by atoms with Crippen molar-refractivity contribution in [1.82, 2.24) is 10.2 Å². The van der Waals surface area contributed by atoms with Crippen molar-refractivity contribution in [1.29, 1.82) is 0 Å². The Bertz CT molecular complexity index is 568. The molecule has 0 unspecified atom stereocenters. The predicted octanol–water partition coefficient (Wildman–Crippen LogP) is 3.27. The van der Waals surface area contributed by atoms with E-state index in [4.69, 9.17) is 0 Å². The van der Waals surface area contributed by atoms with Crippen LogP contribution in [0.2, 0.25) is 0 Å². The van der Waals surface area contributed by atoms with Crippen LogP contribution in [0.1, 0.15) is 30.4 Å². The Morgan fingerprint density at radius 1 is 1.12 bits per heavy atom. The van der Waals surface area contributed by atoms with E-state index in [0.29, 0.717) is 5.56 Å². The maximum Gasteiger partial charge on any atom is 0.416 e. The van der Waals surface area contributed by atoms with Crippen LogP contribution in [0.3, 0.4) is 0 Å². The van der Waals surface area contributed by atoms with Crippen LogP contribution in [0.25, 0.3) is 0 Å². The van der Waals surface area contributed by atoms with Crippen molar-refractivity contribution in [3.63, 3.8) is 0 Å². The summed E-state index contributed by atoms with van der Waals surface area (Å²) in [6.45, 7) is 3.55. The Hall–Kier alpha value is -1.27. The first kappa shape index (κ1) is 19.1. The molecule has 2 saturated heterocycles. The molecule has 3 nitrogen and oxygen atoms in total. The summed E-state index contributed by atoms with van der Waals surface area (Å²) in [5, 5.41) is 3.34. The molecule has 1 spiro atoms. The van der Waals surface area contributed by atoms with Crippen LogP contribution in [0.5, 0.6) is 0 Å². The maximum absolute atomic E-state index is 12.5. The first-order valence-corrected chi connectivity index (χ1v) is 8.03. The van der Waals surface area contributed by atoms with Gasteiger partial charge in [-0.25, -0.2) is 0 Å². The summed E-state index contributed by atoms with van der Waals surface area (Å²) in [5.74, 6) is 0.0140. The average Bonchev–Trinajstić information content (AvgIpc) is 2.91. The molecule has 1 N–H and O–H groups in total. The zero-order chi connectivity index (χ0) is 16.5. The van der Waals surface area contributed by atoms with Gasteiger partial charge in [0.15, 0.2) is 0 Å². The number of halogens is 4. The zero-order valence-electron chi connectivity index (χ0n) is 13.4. The molecule has 2 aliphatic rings. The minimum Gasteiger partial charge on any atom is -0.342 e. The summed E-state index contributed by atoms with van der Waals surface area (Å²) >= 11 is 0. The van der Waals surface area contributed by atoms with Crippen molar-refractivity contribution in [3.8, 4) is 0 Å². The third-order valence-electron chi connectivity index (χ3n) is 5.09. The second-order valence-electron chi connectivity index (χ2n) is 6.69. The van der Waals surface area contributed by atoms with E-state index >= 15 is 0 Å². The van der Waals surface area contributed by atoms with Crippen LogP contribution in [0.15, 0.2) is 24.3 Å². The molecule has 0 radical (unpaired) electrons. The Labute approximate surface area is 146 Å². The quantitative estimate of drug-likeness (QED) is 0.875. The van der Waals surface area contributed by atoms with Crippen LogP contribution in [-0.2, 0) is 17.4 Å². The minimum atomic E-state index is -4.33. The number of likely N-dealkylation sites (tertiary alicyclic amines) is 1. The van der Waals surface area contributed by atoms with Crippen molar-refractivity contribution >= 4 is 18.3 Å². The monoisotopic (exact) mass is 362 g/mol. The van der Waals surface area contributed by atoms with Crippen molar-refractivity contribution < 1.29 is 18.0 Å². The predicted molar refractivity (Wildman–Crippen MR) is 88.1 cm³/mol. The molecular formula is C17H22ClF3N2O. The van der Waals surface area contributed by atoms with Crippen molar-refractivity contribution in [2.75, 3.05) is 26.2 Å². The number of hydrogen-bond acceptors (Lipinski definition) is 2. The van der Waals surface area contributed by atoms with Gasteiger partial charge in [0.25, 0.3) is 0 Å². The van der Waals surface area contributed by atoms with Gasteiger partial charge < -0.3 is 10.2 Å². The van der Waals surface area contributed by atoms with Crippen LogP contribution >= 0.6 is 12.4 Å². The number of carbonyl (C=O) groups is 1. The van der Waals surface area contributed by atoms with E-state index in [0.717, 1.165) is 57.6 Å². The van der Waals surface area contributed by atoms with Gasteiger partial charge in [-0.3, -0.25) is 4.79 Å². The first-order chi connectivity index (χ1) is 10.9. The summed E-state index contributed by atoms with van der Waals surface area (Å²) in [4.78, 5) is 14.3. The molecular weight excluding hydrogens is 341 g/mol. The molecule has 2 fully saturated rings. The molecule has 0 bridgehead atoms. The molecule has 1 aromatic rings. The van der Waals surface area contributed by atoms with E-state index in [1.165, 1.54) is 12.1 Å². The van der Waals surface area contributed by atoms with Gasteiger partial charge in [0.05, 0.1) is 12.0 Å². The number of piperidine rings is 1. The highest BCUT2D eigenvalue weighted by Gasteiger charge is 2.40. The average molecular weight is 363 g/mol. The molecule has 0 saturated carbocycles. The van der Waals surface area contributed by atoms with E-state index in [2.05, 4.69) is 5.32 Å². The Kier molecular flexibility index (Phi) is 5.81. The lowest BCUT2D eigenvalue weighted by molar-refractivity contribution is -0.137. The Morgan fingerprint density at radius 2 is 1.75 bits per heavy atom. The Balaban J connectivity index is 0.00000208. The third kappa shape index (κ3) is 4.22. The smallest absolute Gasteiger partial charge is 0.342 e. The lowest BCUT2D eigenvalue weighted by Crippen LogP contribution is -2.40. The molecule has 0 atom stereocenters. The number of rotatable bonds is 2. The second-order valence-corrected chi connectivity index (χ2v) is 6.69. The molecule has 3 rings (SSSR count). The highest BCUT2D eigenvalue weighted by atomic mass is 35.5. The lowest BCUT2D eigenvalue weighted by Gasteiger charge is -2.33. The van der Waals surface area contributed by atoms with Gasteiger partial charge in [0.1, 0.15) is 0 Å². The summed E-state index contributed by atoms with van der Waals surface area (Å²) in [5.41, 5.74) is 0.207. The number of hydrogen-bond donors (Lipinski definition) is 1. The molecule has 2 aliphatic heterocycles. The number of carbonyl (C=O) groups excluding carboxylic acids is 1. The highest BCUT2D eigenvalue weighted by Crippen LogP contribution is 2.38. The number of benzene rings is 1.